The van der Waals surface area contributed by atoms with Crippen LogP contribution in [0, 0.1) is 11.8 Å². The maximum absolute atomic E-state index is 12.3. The van der Waals surface area contributed by atoms with Gasteiger partial charge in [-0.15, -0.1) is 0 Å². The number of likely N-dealkylation sites (tertiary alicyclic amines) is 1. The highest BCUT2D eigenvalue weighted by Gasteiger charge is 2.31. The van der Waals surface area contributed by atoms with Crippen molar-refractivity contribution < 1.29 is 9.59 Å². The molecule has 2 heterocycles. The number of rotatable bonds is 2. The zero-order valence-electron chi connectivity index (χ0n) is 10.2. The van der Waals surface area contributed by atoms with E-state index in [4.69, 9.17) is 5.73 Å². The number of hydrogen-bond donors (Lipinski definition) is 2. The van der Waals surface area contributed by atoms with Gasteiger partial charge < -0.3 is 16.0 Å². The van der Waals surface area contributed by atoms with Gasteiger partial charge in [0.1, 0.15) is 0 Å². The highest BCUT2D eigenvalue weighted by Crippen LogP contribution is 2.20. The van der Waals surface area contributed by atoms with E-state index in [9.17, 15) is 9.59 Å². The van der Waals surface area contributed by atoms with Crippen molar-refractivity contribution in [3.05, 3.63) is 0 Å². The molecule has 1 unspecified atom stereocenters. The monoisotopic (exact) mass is 239 g/mol. The van der Waals surface area contributed by atoms with Gasteiger partial charge in [0.2, 0.25) is 11.8 Å². The van der Waals surface area contributed by atoms with Gasteiger partial charge >= 0.3 is 0 Å². The molecule has 0 aliphatic carbocycles. The maximum atomic E-state index is 12.3. The molecule has 2 aliphatic rings. The maximum Gasteiger partial charge on any atom is 0.226 e. The summed E-state index contributed by atoms with van der Waals surface area (Å²) in [5, 5.41) is 3.25. The molecule has 0 aromatic heterocycles. The second-order valence-electron chi connectivity index (χ2n) is 5.07. The molecule has 2 fully saturated rings. The molecule has 2 aliphatic heterocycles. The summed E-state index contributed by atoms with van der Waals surface area (Å²) in [5.74, 6) is -0.132. The highest BCUT2D eigenvalue weighted by atomic mass is 16.2. The smallest absolute Gasteiger partial charge is 0.226 e. The Morgan fingerprint density at radius 1 is 1.18 bits per heavy atom. The molecular formula is C12H21N3O2. The molecule has 3 N–H and O–H groups in total. The second kappa shape index (κ2) is 5.49. The summed E-state index contributed by atoms with van der Waals surface area (Å²) in [7, 11) is 0. The predicted molar refractivity (Wildman–Crippen MR) is 64.1 cm³/mol. The Kier molecular flexibility index (Phi) is 3.99. The Bertz CT molecular complexity index is 300. The van der Waals surface area contributed by atoms with Gasteiger partial charge in [-0.05, 0) is 32.2 Å². The van der Waals surface area contributed by atoms with Crippen molar-refractivity contribution in [2.75, 3.05) is 26.2 Å². The van der Waals surface area contributed by atoms with Crippen LogP contribution in [0.25, 0.3) is 0 Å². The van der Waals surface area contributed by atoms with E-state index in [1.54, 1.807) is 0 Å². The minimum atomic E-state index is -0.274. The number of amides is 2. The quantitative estimate of drug-likeness (QED) is 0.695. The first kappa shape index (κ1) is 12.4. The van der Waals surface area contributed by atoms with Gasteiger partial charge in [-0.1, -0.05) is 0 Å². The largest absolute Gasteiger partial charge is 0.369 e. The van der Waals surface area contributed by atoms with E-state index in [0.717, 1.165) is 45.3 Å². The van der Waals surface area contributed by atoms with Crippen LogP contribution in [0.15, 0.2) is 0 Å². The number of piperidine rings is 2. The molecule has 2 rings (SSSR count). The average Bonchev–Trinajstić information content (AvgIpc) is 2.39. The summed E-state index contributed by atoms with van der Waals surface area (Å²) in [4.78, 5) is 25.3. The lowest BCUT2D eigenvalue weighted by Crippen LogP contribution is -2.48. The number of primary amides is 1. The van der Waals surface area contributed by atoms with E-state index >= 15 is 0 Å². The number of nitrogens with two attached hydrogens (primary N) is 1. The first-order valence-corrected chi connectivity index (χ1v) is 6.47. The third-order valence-corrected chi connectivity index (χ3v) is 3.78. The summed E-state index contributed by atoms with van der Waals surface area (Å²) in [5.41, 5.74) is 5.32. The summed E-state index contributed by atoms with van der Waals surface area (Å²) in [6, 6.07) is 0. The first-order valence-electron chi connectivity index (χ1n) is 6.47. The average molecular weight is 239 g/mol. The van der Waals surface area contributed by atoms with E-state index in [2.05, 4.69) is 5.32 Å². The fraction of sp³-hybridized carbons (Fsp3) is 0.833. The second-order valence-corrected chi connectivity index (χ2v) is 5.07. The zero-order chi connectivity index (χ0) is 12.3. The predicted octanol–water partition coefficient (Wildman–Crippen LogP) is -0.290. The molecule has 17 heavy (non-hydrogen) atoms. The molecule has 96 valence electrons. The van der Waals surface area contributed by atoms with Gasteiger partial charge in [0.25, 0.3) is 0 Å². The van der Waals surface area contributed by atoms with Crippen LogP contribution in [0.2, 0.25) is 0 Å². The van der Waals surface area contributed by atoms with E-state index < -0.39 is 0 Å². The molecule has 5 heteroatoms. The Balaban J connectivity index is 1.91. The van der Waals surface area contributed by atoms with E-state index in [0.29, 0.717) is 6.54 Å². The number of carbonyl (C=O) groups excluding carboxylic acids is 2. The minimum absolute atomic E-state index is 0.0929. The molecule has 2 saturated heterocycles. The van der Waals surface area contributed by atoms with Crippen LogP contribution in [0.5, 0.6) is 0 Å². The highest BCUT2D eigenvalue weighted by molar-refractivity contribution is 5.81. The van der Waals surface area contributed by atoms with Crippen molar-refractivity contribution in [1.82, 2.24) is 10.2 Å². The lowest BCUT2D eigenvalue weighted by molar-refractivity contribution is -0.139. The van der Waals surface area contributed by atoms with Crippen LogP contribution < -0.4 is 11.1 Å². The molecule has 0 bridgehead atoms. The van der Waals surface area contributed by atoms with Crippen molar-refractivity contribution in [1.29, 1.82) is 0 Å². The van der Waals surface area contributed by atoms with Crippen LogP contribution >= 0.6 is 0 Å². The van der Waals surface area contributed by atoms with E-state index in [1.807, 2.05) is 4.90 Å². The Morgan fingerprint density at radius 3 is 2.59 bits per heavy atom. The summed E-state index contributed by atoms with van der Waals surface area (Å²) in [6.45, 7) is 3.08. The van der Waals surface area contributed by atoms with Gasteiger partial charge in [0.15, 0.2) is 0 Å². The minimum Gasteiger partial charge on any atom is -0.369 e. The molecule has 0 aromatic carbocycles. The number of nitrogens with one attached hydrogen (secondary N) is 1. The molecule has 0 aromatic rings. The van der Waals surface area contributed by atoms with Crippen LogP contribution in [-0.4, -0.2) is 42.9 Å². The number of hydrogen-bond acceptors (Lipinski definition) is 3. The van der Waals surface area contributed by atoms with Gasteiger partial charge in [0.05, 0.1) is 11.8 Å². The topological polar surface area (TPSA) is 75.4 Å². The molecule has 0 saturated carbocycles. The van der Waals surface area contributed by atoms with Crippen LogP contribution in [0.3, 0.4) is 0 Å². The fourth-order valence-electron chi connectivity index (χ4n) is 2.73. The molecule has 0 radical (unpaired) electrons. The Hall–Kier alpha value is -1.10. The zero-order valence-corrected chi connectivity index (χ0v) is 10.2. The third kappa shape index (κ3) is 2.97. The van der Waals surface area contributed by atoms with Gasteiger partial charge in [-0.2, -0.15) is 0 Å². The SMILES string of the molecule is NC(=O)C1CCCN(C(=O)[C@H]2CCCNC2)C1. The number of nitrogens with zero attached hydrogens (tertiary/aromatic N) is 1. The fourth-order valence-corrected chi connectivity index (χ4v) is 2.73. The lowest BCUT2D eigenvalue weighted by Gasteiger charge is -2.34. The Labute approximate surface area is 102 Å². The van der Waals surface area contributed by atoms with Crippen LogP contribution in [0.1, 0.15) is 25.7 Å². The van der Waals surface area contributed by atoms with Gasteiger partial charge in [-0.3, -0.25) is 9.59 Å². The van der Waals surface area contributed by atoms with Crippen molar-refractivity contribution >= 4 is 11.8 Å². The summed E-state index contributed by atoms with van der Waals surface area (Å²) in [6.07, 6.45) is 3.73. The third-order valence-electron chi connectivity index (χ3n) is 3.78. The van der Waals surface area contributed by atoms with Crippen LogP contribution in [-0.2, 0) is 9.59 Å². The lowest BCUT2D eigenvalue weighted by atomic mass is 9.93. The van der Waals surface area contributed by atoms with Gasteiger partial charge in [0, 0.05) is 19.6 Å². The van der Waals surface area contributed by atoms with E-state index in [-0.39, 0.29) is 23.7 Å². The van der Waals surface area contributed by atoms with Crippen LogP contribution in [0.4, 0.5) is 0 Å². The normalized spacial score (nSPS) is 30.0. The van der Waals surface area contributed by atoms with Crippen molar-refractivity contribution in [3.63, 3.8) is 0 Å². The molecule has 2 amide bonds. The number of carbonyl (C=O) groups is 2. The van der Waals surface area contributed by atoms with Gasteiger partial charge in [-0.25, -0.2) is 0 Å². The van der Waals surface area contributed by atoms with Crippen molar-refractivity contribution in [2.24, 2.45) is 17.6 Å². The van der Waals surface area contributed by atoms with Crippen molar-refractivity contribution in [3.8, 4) is 0 Å². The molecular weight excluding hydrogens is 218 g/mol. The van der Waals surface area contributed by atoms with E-state index in [1.165, 1.54) is 0 Å². The Morgan fingerprint density at radius 2 is 1.94 bits per heavy atom. The molecule has 2 atom stereocenters. The van der Waals surface area contributed by atoms with Crippen molar-refractivity contribution in [2.45, 2.75) is 25.7 Å². The summed E-state index contributed by atoms with van der Waals surface area (Å²) >= 11 is 0. The molecule has 5 nitrogen and oxygen atoms in total. The standard InChI is InChI=1S/C12H21N3O2/c13-11(16)10-4-2-6-15(8-10)12(17)9-3-1-5-14-7-9/h9-10,14H,1-8H2,(H2,13,16)/t9-,10?/m0/s1. The summed E-state index contributed by atoms with van der Waals surface area (Å²) < 4.78 is 0. The molecule has 0 spiro atoms. The first-order chi connectivity index (χ1) is 8.18.